The Kier molecular flexibility index (Phi) is 3.64. The second kappa shape index (κ2) is 5.93. The lowest BCUT2D eigenvalue weighted by Crippen LogP contribution is -2.41. The first-order valence-corrected chi connectivity index (χ1v) is 8.42. The molecule has 1 unspecified atom stereocenters. The van der Waals surface area contributed by atoms with E-state index in [-0.39, 0.29) is 6.10 Å². The summed E-state index contributed by atoms with van der Waals surface area (Å²) in [6.07, 6.45) is 7.82. The standard InChI is InChI=1S/C17H17N3OS/c1-3-13(11-18-7-1)21-14-4-2-9-20(12-14)17-15-6-10-22-16(15)5-8-19-17/h1,3,5-8,10-11,14H,2,4,9,12H2. The highest BCUT2D eigenvalue weighted by Gasteiger charge is 2.23. The molecule has 0 N–H and O–H groups in total. The van der Waals surface area contributed by atoms with Gasteiger partial charge in [0.25, 0.3) is 0 Å². The summed E-state index contributed by atoms with van der Waals surface area (Å²) in [4.78, 5) is 11.1. The lowest BCUT2D eigenvalue weighted by molar-refractivity contribution is 0.178. The van der Waals surface area contributed by atoms with Crippen LogP contribution in [-0.4, -0.2) is 29.2 Å². The van der Waals surface area contributed by atoms with Gasteiger partial charge in [-0.05, 0) is 42.5 Å². The number of fused-ring (bicyclic) bond motifs is 1. The highest BCUT2D eigenvalue weighted by Crippen LogP contribution is 2.30. The van der Waals surface area contributed by atoms with Crippen LogP contribution in [0.4, 0.5) is 5.82 Å². The van der Waals surface area contributed by atoms with E-state index < -0.39 is 0 Å². The average Bonchev–Trinajstić information content (AvgIpc) is 3.04. The number of pyridine rings is 2. The molecule has 112 valence electrons. The Balaban J connectivity index is 1.55. The van der Waals surface area contributed by atoms with Crippen LogP contribution in [0.1, 0.15) is 12.8 Å². The molecule has 1 aliphatic rings. The first-order valence-electron chi connectivity index (χ1n) is 7.54. The Morgan fingerprint density at radius 2 is 2.23 bits per heavy atom. The maximum atomic E-state index is 6.07. The van der Waals surface area contributed by atoms with Crippen LogP contribution < -0.4 is 9.64 Å². The van der Waals surface area contributed by atoms with Gasteiger partial charge in [0, 0.05) is 29.0 Å². The molecular weight excluding hydrogens is 294 g/mol. The Bertz CT molecular complexity index is 759. The summed E-state index contributed by atoms with van der Waals surface area (Å²) in [5, 5.41) is 3.37. The van der Waals surface area contributed by atoms with Crippen LogP contribution in [0.15, 0.2) is 48.2 Å². The molecule has 0 saturated carbocycles. The van der Waals surface area contributed by atoms with E-state index in [0.29, 0.717) is 0 Å². The molecular formula is C17H17N3OS. The van der Waals surface area contributed by atoms with Crippen molar-refractivity contribution in [1.29, 1.82) is 0 Å². The Hall–Kier alpha value is -2.14. The van der Waals surface area contributed by atoms with Crippen molar-refractivity contribution < 1.29 is 4.74 Å². The van der Waals surface area contributed by atoms with Gasteiger partial charge >= 0.3 is 0 Å². The number of piperidine rings is 1. The SMILES string of the molecule is c1cncc(OC2CCCN(c3nccc4sccc34)C2)c1. The zero-order valence-electron chi connectivity index (χ0n) is 12.2. The molecule has 1 atom stereocenters. The molecule has 4 heterocycles. The van der Waals surface area contributed by atoms with Crippen molar-refractivity contribution in [1.82, 2.24) is 9.97 Å². The largest absolute Gasteiger partial charge is 0.487 e. The van der Waals surface area contributed by atoms with Gasteiger partial charge in [-0.1, -0.05) is 0 Å². The minimum atomic E-state index is 0.189. The number of ether oxygens (including phenoxy) is 1. The zero-order valence-corrected chi connectivity index (χ0v) is 13.0. The predicted molar refractivity (Wildman–Crippen MR) is 89.7 cm³/mol. The molecule has 1 saturated heterocycles. The zero-order chi connectivity index (χ0) is 14.8. The van der Waals surface area contributed by atoms with Crippen LogP contribution in [0, 0.1) is 0 Å². The molecule has 3 aromatic heterocycles. The van der Waals surface area contributed by atoms with Gasteiger partial charge < -0.3 is 9.64 Å². The lowest BCUT2D eigenvalue weighted by atomic mass is 10.1. The van der Waals surface area contributed by atoms with Crippen molar-refractivity contribution in [2.24, 2.45) is 0 Å². The second-order valence-electron chi connectivity index (χ2n) is 5.48. The summed E-state index contributed by atoms with van der Waals surface area (Å²) < 4.78 is 7.36. The van der Waals surface area contributed by atoms with Crippen molar-refractivity contribution in [2.45, 2.75) is 18.9 Å². The Morgan fingerprint density at radius 1 is 1.23 bits per heavy atom. The molecule has 22 heavy (non-hydrogen) atoms. The van der Waals surface area contributed by atoms with Gasteiger partial charge in [-0.2, -0.15) is 0 Å². The van der Waals surface area contributed by atoms with Crippen LogP contribution in [0.5, 0.6) is 5.75 Å². The maximum absolute atomic E-state index is 6.07. The molecule has 0 aromatic carbocycles. The van der Waals surface area contributed by atoms with Crippen molar-refractivity contribution in [2.75, 3.05) is 18.0 Å². The third-order valence-electron chi connectivity index (χ3n) is 3.97. The van der Waals surface area contributed by atoms with Gasteiger partial charge in [-0.25, -0.2) is 4.98 Å². The van der Waals surface area contributed by atoms with E-state index in [2.05, 4.69) is 32.4 Å². The van der Waals surface area contributed by atoms with E-state index in [1.807, 2.05) is 18.3 Å². The molecule has 0 amide bonds. The quantitative estimate of drug-likeness (QED) is 0.738. The third-order valence-corrected chi connectivity index (χ3v) is 4.86. The number of rotatable bonds is 3. The van der Waals surface area contributed by atoms with Crippen molar-refractivity contribution in [3.63, 3.8) is 0 Å². The van der Waals surface area contributed by atoms with E-state index in [4.69, 9.17) is 4.74 Å². The van der Waals surface area contributed by atoms with E-state index >= 15 is 0 Å². The number of hydrogen-bond donors (Lipinski definition) is 0. The van der Waals surface area contributed by atoms with Crippen LogP contribution in [0.25, 0.3) is 10.1 Å². The number of thiophene rings is 1. The van der Waals surface area contributed by atoms with Gasteiger partial charge in [0.05, 0.1) is 12.7 Å². The third kappa shape index (κ3) is 2.64. The normalized spacial score (nSPS) is 18.5. The fourth-order valence-electron chi connectivity index (χ4n) is 2.97. The van der Waals surface area contributed by atoms with Crippen LogP contribution >= 0.6 is 11.3 Å². The van der Waals surface area contributed by atoms with Crippen LogP contribution in [0.2, 0.25) is 0 Å². The summed E-state index contributed by atoms with van der Waals surface area (Å²) >= 11 is 1.76. The van der Waals surface area contributed by atoms with Gasteiger partial charge in [0.1, 0.15) is 17.7 Å². The molecule has 4 nitrogen and oxygen atoms in total. The molecule has 0 bridgehead atoms. The molecule has 4 rings (SSSR count). The van der Waals surface area contributed by atoms with Crippen molar-refractivity contribution in [3.05, 3.63) is 48.2 Å². The molecule has 5 heteroatoms. The number of anilines is 1. The summed E-state index contributed by atoms with van der Waals surface area (Å²) in [6, 6.07) is 8.11. The molecule has 0 aliphatic carbocycles. The van der Waals surface area contributed by atoms with Crippen molar-refractivity contribution >= 4 is 27.2 Å². The maximum Gasteiger partial charge on any atom is 0.138 e. The monoisotopic (exact) mass is 311 g/mol. The topological polar surface area (TPSA) is 38.2 Å². The predicted octanol–water partition coefficient (Wildman–Crippen LogP) is 3.74. The number of hydrogen-bond acceptors (Lipinski definition) is 5. The van der Waals surface area contributed by atoms with E-state index in [1.54, 1.807) is 23.7 Å². The molecule has 1 aliphatic heterocycles. The van der Waals surface area contributed by atoms with E-state index in [1.165, 1.54) is 10.1 Å². The van der Waals surface area contributed by atoms with Gasteiger partial charge in [0.15, 0.2) is 0 Å². The Labute approximate surface area is 133 Å². The minimum Gasteiger partial charge on any atom is -0.487 e. The highest BCUT2D eigenvalue weighted by molar-refractivity contribution is 7.17. The molecule has 3 aromatic rings. The first kappa shape index (κ1) is 13.5. The smallest absolute Gasteiger partial charge is 0.138 e. The van der Waals surface area contributed by atoms with Crippen LogP contribution in [-0.2, 0) is 0 Å². The van der Waals surface area contributed by atoms with E-state index in [0.717, 1.165) is 37.5 Å². The first-order chi connectivity index (χ1) is 10.9. The second-order valence-corrected chi connectivity index (χ2v) is 6.43. The van der Waals surface area contributed by atoms with Crippen LogP contribution in [0.3, 0.4) is 0 Å². The van der Waals surface area contributed by atoms with Gasteiger partial charge in [0.2, 0.25) is 0 Å². The van der Waals surface area contributed by atoms with E-state index in [9.17, 15) is 0 Å². The summed E-state index contributed by atoms with van der Waals surface area (Å²) in [6.45, 7) is 1.91. The fraction of sp³-hybridized carbons (Fsp3) is 0.294. The Morgan fingerprint density at radius 3 is 3.14 bits per heavy atom. The molecule has 1 fully saturated rings. The summed E-state index contributed by atoms with van der Waals surface area (Å²) in [5.41, 5.74) is 0. The lowest BCUT2D eigenvalue weighted by Gasteiger charge is -2.34. The highest BCUT2D eigenvalue weighted by atomic mass is 32.1. The minimum absolute atomic E-state index is 0.189. The summed E-state index contributed by atoms with van der Waals surface area (Å²) in [5.74, 6) is 1.93. The van der Waals surface area contributed by atoms with Gasteiger partial charge in [-0.15, -0.1) is 11.3 Å². The summed E-state index contributed by atoms with van der Waals surface area (Å²) in [7, 11) is 0. The number of aromatic nitrogens is 2. The van der Waals surface area contributed by atoms with Crippen molar-refractivity contribution in [3.8, 4) is 5.75 Å². The number of nitrogens with zero attached hydrogens (tertiary/aromatic N) is 3. The fourth-order valence-corrected chi connectivity index (χ4v) is 3.74. The molecule has 0 radical (unpaired) electrons. The molecule has 0 spiro atoms. The average molecular weight is 311 g/mol. The van der Waals surface area contributed by atoms with Gasteiger partial charge in [-0.3, -0.25) is 4.98 Å².